The van der Waals surface area contributed by atoms with Gasteiger partial charge in [0.15, 0.2) is 5.76 Å². The van der Waals surface area contributed by atoms with Gasteiger partial charge in [-0.25, -0.2) is 0 Å². The average Bonchev–Trinajstić information content (AvgIpc) is 2.50. The summed E-state index contributed by atoms with van der Waals surface area (Å²) in [5.41, 5.74) is 5.30. The second-order valence-corrected chi connectivity index (χ2v) is 4.62. The zero-order valence-corrected chi connectivity index (χ0v) is 9.34. The lowest BCUT2D eigenvalue weighted by Crippen LogP contribution is -2.44. The van der Waals surface area contributed by atoms with Crippen LogP contribution in [0.5, 0.6) is 0 Å². The van der Waals surface area contributed by atoms with E-state index in [1.807, 2.05) is 0 Å². The molecule has 4 heteroatoms. The maximum absolute atomic E-state index is 12.1. The SMILES string of the molecule is NCC1(C(=O)c2occc2Br)CCC1. The summed E-state index contributed by atoms with van der Waals surface area (Å²) in [4.78, 5) is 12.1. The van der Waals surface area contributed by atoms with Crippen LogP contribution in [-0.4, -0.2) is 12.3 Å². The largest absolute Gasteiger partial charge is 0.460 e. The molecule has 0 aliphatic heterocycles. The molecule has 1 aliphatic carbocycles. The van der Waals surface area contributed by atoms with Gasteiger partial charge in [-0.1, -0.05) is 6.42 Å². The Morgan fingerprint density at radius 2 is 2.36 bits per heavy atom. The number of hydrogen-bond donors (Lipinski definition) is 1. The highest BCUT2D eigenvalue weighted by Gasteiger charge is 2.44. The number of hydrogen-bond acceptors (Lipinski definition) is 3. The van der Waals surface area contributed by atoms with Gasteiger partial charge in [-0.2, -0.15) is 0 Å². The highest BCUT2D eigenvalue weighted by atomic mass is 79.9. The summed E-state index contributed by atoms with van der Waals surface area (Å²) in [6.45, 7) is 0.416. The molecule has 0 aromatic carbocycles. The van der Waals surface area contributed by atoms with Gasteiger partial charge in [-0.3, -0.25) is 4.79 Å². The van der Waals surface area contributed by atoms with Crippen molar-refractivity contribution in [1.29, 1.82) is 0 Å². The molecule has 3 nitrogen and oxygen atoms in total. The third kappa shape index (κ3) is 1.33. The first kappa shape index (κ1) is 9.93. The van der Waals surface area contributed by atoms with Gasteiger partial charge in [-0.15, -0.1) is 0 Å². The predicted octanol–water partition coefficient (Wildman–Crippen LogP) is 2.35. The maximum Gasteiger partial charge on any atom is 0.206 e. The zero-order chi connectivity index (χ0) is 10.2. The fourth-order valence-corrected chi connectivity index (χ4v) is 2.21. The second kappa shape index (κ2) is 3.51. The van der Waals surface area contributed by atoms with Crippen molar-refractivity contribution in [3.8, 4) is 0 Å². The molecule has 0 amide bonds. The molecule has 0 radical (unpaired) electrons. The number of carbonyl (C=O) groups is 1. The zero-order valence-electron chi connectivity index (χ0n) is 7.75. The maximum atomic E-state index is 12.1. The fourth-order valence-electron chi connectivity index (χ4n) is 1.82. The lowest BCUT2D eigenvalue weighted by molar-refractivity contribution is 0.0603. The molecule has 0 atom stereocenters. The van der Waals surface area contributed by atoms with Gasteiger partial charge < -0.3 is 10.2 Å². The van der Waals surface area contributed by atoms with Crippen LogP contribution in [0, 0.1) is 5.41 Å². The van der Waals surface area contributed by atoms with Crippen LogP contribution in [0.1, 0.15) is 29.8 Å². The minimum Gasteiger partial charge on any atom is -0.460 e. The molecule has 1 aromatic rings. The van der Waals surface area contributed by atoms with E-state index in [4.69, 9.17) is 10.2 Å². The molecule has 0 bridgehead atoms. The molecule has 0 saturated heterocycles. The van der Waals surface area contributed by atoms with Gasteiger partial charge in [0.05, 0.1) is 10.7 Å². The van der Waals surface area contributed by atoms with Crippen molar-refractivity contribution in [2.24, 2.45) is 11.1 Å². The van der Waals surface area contributed by atoms with E-state index in [-0.39, 0.29) is 11.2 Å². The molecule has 0 unspecified atom stereocenters. The molecular weight excluding hydrogens is 246 g/mol. The number of ketones is 1. The Kier molecular flexibility index (Phi) is 2.49. The van der Waals surface area contributed by atoms with Gasteiger partial charge in [-0.05, 0) is 34.8 Å². The van der Waals surface area contributed by atoms with Crippen molar-refractivity contribution < 1.29 is 9.21 Å². The third-order valence-electron chi connectivity index (χ3n) is 3.01. The van der Waals surface area contributed by atoms with Gasteiger partial charge >= 0.3 is 0 Å². The first-order valence-corrected chi connectivity index (χ1v) is 5.47. The number of rotatable bonds is 3. The van der Waals surface area contributed by atoms with Crippen LogP contribution in [-0.2, 0) is 0 Å². The molecule has 1 aliphatic rings. The number of carbonyl (C=O) groups excluding carboxylic acids is 1. The Hall–Kier alpha value is -0.610. The average molecular weight is 258 g/mol. The van der Waals surface area contributed by atoms with Gasteiger partial charge in [0, 0.05) is 12.0 Å². The molecule has 14 heavy (non-hydrogen) atoms. The van der Waals surface area contributed by atoms with Gasteiger partial charge in [0.2, 0.25) is 5.78 Å². The number of nitrogens with two attached hydrogens (primary N) is 1. The summed E-state index contributed by atoms with van der Waals surface area (Å²) >= 11 is 3.29. The van der Waals surface area contributed by atoms with Gasteiger partial charge in [0.1, 0.15) is 0 Å². The van der Waals surface area contributed by atoms with E-state index in [0.717, 1.165) is 23.7 Å². The normalized spacial score (nSPS) is 19.0. The summed E-state index contributed by atoms with van der Waals surface area (Å²) in [7, 11) is 0. The van der Waals surface area contributed by atoms with E-state index in [9.17, 15) is 4.79 Å². The predicted molar refractivity (Wildman–Crippen MR) is 56.1 cm³/mol. The van der Waals surface area contributed by atoms with Crippen LogP contribution < -0.4 is 5.73 Å². The second-order valence-electron chi connectivity index (χ2n) is 3.76. The molecule has 2 rings (SSSR count). The first-order valence-electron chi connectivity index (χ1n) is 4.67. The van der Waals surface area contributed by atoms with E-state index in [1.165, 1.54) is 6.26 Å². The van der Waals surface area contributed by atoms with Crippen LogP contribution in [0.15, 0.2) is 21.2 Å². The Morgan fingerprint density at radius 1 is 1.64 bits per heavy atom. The topological polar surface area (TPSA) is 56.2 Å². The van der Waals surface area contributed by atoms with Gasteiger partial charge in [0.25, 0.3) is 0 Å². The quantitative estimate of drug-likeness (QED) is 0.846. The monoisotopic (exact) mass is 257 g/mol. The molecule has 2 N–H and O–H groups in total. The van der Waals surface area contributed by atoms with E-state index < -0.39 is 0 Å². The van der Waals surface area contributed by atoms with Crippen molar-refractivity contribution >= 4 is 21.7 Å². The van der Waals surface area contributed by atoms with E-state index in [2.05, 4.69) is 15.9 Å². The number of halogens is 1. The molecular formula is C10H12BrNO2. The molecule has 1 fully saturated rings. The first-order chi connectivity index (χ1) is 6.69. The Balaban J connectivity index is 2.27. The van der Waals surface area contributed by atoms with Crippen molar-refractivity contribution in [2.75, 3.05) is 6.54 Å². The lowest BCUT2D eigenvalue weighted by Gasteiger charge is -2.38. The van der Waals surface area contributed by atoms with Crippen LogP contribution in [0.25, 0.3) is 0 Å². The van der Waals surface area contributed by atoms with Crippen LogP contribution >= 0.6 is 15.9 Å². The number of Topliss-reactive ketones (excluding diaryl/α,β-unsaturated/α-hetero) is 1. The van der Waals surface area contributed by atoms with E-state index >= 15 is 0 Å². The molecule has 76 valence electrons. The molecule has 0 spiro atoms. The summed E-state index contributed by atoms with van der Waals surface area (Å²) in [5, 5.41) is 0. The molecule has 1 heterocycles. The lowest BCUT2D eigenvalue weighted by atomic mass is 9.65. The number of furan rings is 1. The van der Waals surface area contributed by atoms with E-state index in [1.54, 1.807) is 6.07 Å². The summed E-state index contributed by atoms with van der Waals surface area (Å²) < 4.78 is 5.88. The highest BCUT2D eigenvalue weighted by Crippen LogP contribution is 2.43. The highest BCUT2D eigenvalue weighted by molar-refractivity contribution is 9.10. The van der Waals surface area contributed by atoms with Crippen molar-refractivity contribution in [2.45, 2.75) is 19.3 Å². The smallest absolute Gasteiger partial charge is 0.206 e. The van der Waals surface area contributed by atoms with Crippen molar-refractivity contribution in [1.82, 2.24) is 0 Å². The molecule has 1 aromatic heterocycles. The Labute approximate surface area is 90.8 Å². The van der Waals surface area contributed by atoms with Crippen LogP contribution in [0.2, 0.25) is 0 Å². The third-order valence-corrected chi connectivity index (χ3v) is 3.63. The molecule has 1 saturated carbocycles. The summed E-state index contributed by atoms with van der Waals surface area (Å²) in [5.74, 6) is 0.457. The van der Waals surface area contributed by atoms with Crippen LogP contribution in [0.3, 0.4) is 0 Å². The minimum absolute atomic E-state index is 0.0446. The van der Waals surface area contributed by atoms with Crippen molar-refractivity contribution in [3.63, 3.8) is 0 Å². The Morgan fingerprint density at radius 3 is 2.71 bits per heavy atom. The minimum atomic E-state index is -0.347. The Bertz CT molecular complexity index is 349. The summed E-state index contributed by atoms with van der Waals surface area (Å²) in [6, 6.07) is 1.73. The fraction of sp³-hybridized carbons (Fsp3) is 0.500. The standard InChI is InChI=1S/C10H12BrNO2/c11-7-2-5-14-8(7)9(13)10(6-12)3-1-4-10/h2,5H,1,3-4,6,12H2. The van der Waals surface area contributed by atoms with Crippen molar-refractivity contribution in [3.05, 3.63) is 22.6 Å². The van der Waals surface area contributed by atoms with E-state index in [0.29, 0.717) is 12.3 Å². The van der Waals surface area contributed by atoms with Crippen LogP contribution in [0.4, 0.5) is 0 Å². The summed E-state index contributed by atoms with van der Waals surface area (Å²) in [6.07, 6.45) is 4.37.